The van der Waals surface area contributed by atoms with E-state index in [-0.39, 0.29) is 0 Å². The van der Waals surface area contributed by atoms with Gasteiger partial charge in [-0.2, -0.15) is 0 Å². The van der Waals surface area contributed by atoms with E-state index >= 15 is 0 Å². The number of aryl methyl sites for hydroxylation is 2. The van der Waals surface area contributed by atoms with E-state index in [1.165, 1.54) is 0 Å². The fourth-order valence-corrected chi connectivity index (χ4v) is 1.32. The molecular weight excluding hydrogens is 228 g/mol. The highest BCUT2D eigenvalue weighted by Crippen LogP contribution is 2.08. The van der Waals surface area contributed by atoms with Crippen molar-refractivity contribution < 1.29 is 15.0 Å². The van der Waals surface area contributed by atoms with Crippen LogP contribution in [0.5, 0.6) is 5.75 Å². The van der Waals surface area contributed by atoms with Crippen molar-refractivity contribution in [3.63, 3.8) is 0 Å². The van der Waals surface area contributed by atoms with Crippen LogP contribution in [0, 0.1) is 13.8 Å². The smallest absolute Gasteiger partial charge is 0.335 e. The molecule has 0 unspecified atom stereocenters. The zero-order valence-corrected chi connectivity index (χ0v) is 10.4. The Kier molecular flexibility index (Phi) is 4.93. The lowest BCUT2D eigenvalue weighted by atomic mass is 10.2. The monoisotopic (exact) mass is 244 g/mol. The molecule has 0 spiro atoms. The molecule has 0 fully saturated rings. The summed E-state index contributed by atoms with van der Waals surface area (Å²) >= 11 is 0. The van der Waals surface area contributed by atoms with Gasteiger partial charge in [-0.05, 0) is 43.7 Å². The number of carboxylic acid groups (broad SMARTS) is 1. The third-order valence-electron chi connectivity index (χ3n) is 2.30. The van der Waals surface area contributed by atoms with Gasteiger partial charge in [-0.15, -0.1) is 0 Å². The van der Waals surface area contributed by atoms with Gasteiger partial charge in [0.25, 0.3) is 0 Å². The summed E-state index contributed by atoms with van der Waals surface area (Å²) in [6, 6.07) is 13.9. The van der Waals surface area contributed by atoms with E-state index < -0.39 is 5.97 Å². The molecule has 2 aromatic rings. The van der Waals surface area contributed by atoms with Crippen LogP contribution >= 0.6 is 0 Å². The number of hydrogen-bond acceptors (Lipinski definition) is 2. The lowest BCUT2D eigenvalue weighted by Crippen LogP contribution is -1.94. The standard InChI is InChI=1S/C8H8O2.C7H8O/c1-6-2-4-7(5-3-6)8(9)10;1-6-3-2-4-7(8)5-6/h2-5H,1H3,(H,9,10);2-5,8H,1H3. The Balaban J connectivity index is 0.000000184. The molecule has 0 aliphatic carbocycles. The second kappa shape index (κ2) is 6.45. The molecule has 0 aromatic heterocycles. The molecule has 3 nitrogen and oxygen atoms in total. The highest BCUT2D eigenvalue weighted by Gasteiger charge is 1.98. The van der Waals surface area contributed by atoms with E-state index in [0.29, 0.717) is 11.3 Å². The Hall–Kier alpha value is -2.29. The predicted octanol–water partition coefficient (Wildman–Crippen LogP) is 3.39. The number of carbonyl (C=O) groups is 1. The van der Waals surface area contributed by atoms with Crippen LogP contribution in [0.15, 0.2) is 48.5 Å². The van der Waals surface area contributed by atoms with Crippen molar-refractivity contribution in [3.05, 3.63) is 65.2 Å². The molecule has 0 amide bonds. The molecule has 2 rings (SSSR count). The molecule has 0 heterocycles. The molecule has 0 aliphatic heterocycles. The molecule has 2 N–H and O–H groups in total. The Morgan fingerprint density at radius 1 is 0.944 bits per heavy atom. The van der Waals surface area contributed by atoms with Crippen LogP contribution in [0.2, 0.25) is 0 Å². The molecule has 3 heteroatoms. The van der Waals surface area contributed by atoms with Gasteiger partial charge in [0.1, 0.15) is 5.75 Å². The Labute approximate surface area is 106 Å². The van der Waals surface area contributed by atoms with Crippen LogP contribution < -0.4 is 0 Å². The summed E-state index contributed by atoms with van der Waals surface area (Å²) in [6.45, 7) is 3.87. The summed E-state index contributed by atoms with van der Waals surface area (Å²) in [6.07, 6.45) is 0. The van der Waals surface area contributed by atoms with E-state index in [4.69, 9.17) is 10.2 Å². The first-order valence-electron chi connectivity index (χ1n) is 5.54. The largest absolute Gasteiger partial charge is 0.508 e. The number of phenolic OH excluding ortho intramolecular Hbond substituents is 1. The van der Waals surface area contributed by atoms with Crippen LogP contribution in [-0.2, 0) is 0 Å². The first-order chi connectivity index (χ1) is 8.49. The summed E-state index contributed by atoms with van der Waals surface area (Å²) in [7, 11) is 0. The van der Waals surface area contributed by atoms with Crippen LogP contribution in [0.25, 0.3) is 0 Å². The van der Waals surface area contributed by atoms with Crippen LogP contribution in [0.4, 0.5) is 0 Å². The number of aromatic hydroxyl groups is 1. The molecule has 0 bridgehead atoms. The van der Waals surface area contributed by atoms with Crippen LogP contribution in [0.3, 0.4) is 0 Å². The van der Waals surface area contributed by atoms with Gasteiger partial charge in [-0.25, -0.2) is 4.79 Å². The fraction of sp³-hybridized carbons (Fsp3) is 0.133. The van der Waals surface area contributed by atoms with Crippen LogP contribution in [-0.4, -0.2) is 16.2 Å². The summed E-state index contributed by atoms with van der Waals surface area (Å²) in [5, 5.41) is 17.3. The maximum atomic E-state index is 10.3. The lowest BCUT2D eigenvalue weighted by Gasteiger charge is -1.92. The van der Waals surface area contributed by atoms with Gasteiger partial charge in [0.05, 0.1) is 5.56 Å². The van der Waals surface area contributed by atoms with Gasteiger partial charge in [-0.1, -0.05) is 29.8 Å². The topological polar surface area (TPSA) is 57.5 Å². The van der Waals surface area contributed by atoms with Gasteiger partial charge in [-0.3, -0.25) is 0 Å². The highest BCUT2D eigenvalue weighted by molar-refractivity contribution is 5.87. The fourth-order valence-electron chi connectivity index (χ4n) is 1.32. The first kappa shape index (κ1) is 13.8. The van der Waals surface area contributed by atoms with Crippen molar-refractivity contribution in [2.75, 3.05) is 0 Å². The van der Waals surface area contributed by atoms with Crippen LogP contribution in [0.1, 0.15) is 21.5 Å². The minimum atomic E-state index is -0.875. The average molecular weight is 244 g/mol. The van der Waals surface area contributed by atoms with E-state index in [2.05, 4.69) is 0 Å². The van der Waals surface area contributed by atoms with E-state index in [9.17, 15) is 4.79 Å². The molecule has 2 aromatic carbocycles. The van der Waals surface area contributed by atoms with Gasteiger partial charge in [0.15, 0.2) is 0 Å². The normalized spacial score (nSPS) is 9.22. The van der Waals surface area contributed by atoms with Crippen molar-refractivity contribution in [1.29, 1.82) is 0 Å². The molecule has 0 saturated carbocycles. The number of phenols is 1. The maximum absolute atomic E-state index is 10.3. The summed E-state index contributed by atoms with van der Waals surface area (Å²) in [5.41, 5.74) is 2.50. The van der Waals surface area contributed by atoms with Crippen molar-refractivity contribution in [2.24, 2.45) is 0 Å². The molecule has 0 atom stereocenters. The van der Waals surface area contributed by atoms with Gasteiger partial charge < -0.3 is 10.2 Å². The van der Waals surface area contributed by atoms with Crippen molar-refractivity contribution >= 4 is 5.97 Å². The van der Waals surface area contributed by atoms with E-state index in [0.717, 1.165) is 11.1 Å². The number of rotatable bonds is 1. The number of aromatic carboxylic acids is 1. The molecule has 94 valence electrons. The highest BCUT2D eigenvalue weighted by atomic mass is 16.4. The molecular formula is C15H16O3. The van der Waals surface area contributed by atoms with Gasteiger partial charge in [0, 0.05) is 0 Å². The molecule has 0 aliphatic rings. The number of benzene rings is 2. The predicted molar refractivity (Wildman–Crippen MR) is 71.0 cm³/mol. The quantitative estimate of drug-likeness (QED) is 0.808. The van der Waals surface area contributed by atoms with E-state index in [1.807, 2.05) is 26.0 Å². The first-order valence-corrected chi connectivity index (χ1v) is 5.54. The zero-order valence-electron chi connectivity index (χ0n) is 10.4. The third kappa shape index (κ3) is 4.70. The molecule has 0 radical (unpaired) electrons. The lowest BCUT2D eigenvalue weighted by molar-refractivity contribution is 0.0697. The van der Waals surface area contributed by atoms with Crippen molar-refractivity contribution in [1.82, 2.24) is 0 Å². The Morgan fingerprint density at radius 2 is 1.56 bits per heavy atom. The summed E-state index contributed by atoms with van der Waals surface area (Å²) in [4.78, 5) is 10.3. The average Bonchev–Trinajstić information content (AvgIpc) is 2.30. The van der Waals surface area contributed by atoms with Crippen molar-refractivity contribution in [2.45, 2.75) is 13.8 Å². The van der Waals surface area contributed by atoms with E-state index in [1.54, 1.807) is 36.4 Å². The van der Waals surface area contributed by atoms with Crippen molar-refractivity contribution in [3.8, 4) is 5.75 Å². The minimum Gasteiger partial charge on any atom is -0.508 e. The zero-order chi connectivity index (χ0) is 13.5. The Bertz CT molecular complexity index is 498. The summed E-state index contributed by atoms with van der Waals surface area (Å²) < 4.78 is 0. The minimum absolute atomic E-state index is 0.338. The Morgan fingerprint density at radius 3 is 1.94 bits per heavy atom. The van der Waals surface area contributed by atoms with Gasteiger partial charge in [0.2, 0.25) is 0 Å². The number of hydrogen-bond donors (Lipinski definition) is 2. The second-order valence-electron chi connectivity index (χ2n) is 4.01. The molecule has 18 heavy (non-hydrogen) atoms. The maximum Gasteiger partial charge on any atom is 0.335 e. The third-order valence-corrected chi connectivity index (χ3v) is 2.30. The SMILES string of the molecule is Cc1ccc(C(=O)O)cc1.Cc1cccc(O)c1. The summed E-state index contributed by atoms with van der Waals surface area (Å²) in [5.74, 6) is -0.537. The second-order valence-corrected chi connectivity index (χ2v) is 4.01. The molecule has 0 saturated heterocycles. The van der Waals surface area contributed by atoms with Gasteiger partial charge >= 0.3 is 5.97 Å². The number of carboxylic acids is 1.